The molecule has 1 aliphatic rings. The minimum atomic E-state index is -0.631. The SMILES string of the molecule is COc1ccc2c(c1)C(=O)N(C[C@H](NC(=O)NC=O)c1ccc(-c3cnn(C(C)C)c3)cc1)C2. The van der Waals surface area contributed by atoms with Gasteiger partial charge < -0.3 is 15.0 Å². The third-order valence-electron chi connectivity index (χ3n) is 5.87. The van der Waals surface area contributed by atoms with Crippen LogP contribution in [0.3, 0.4) is 0 Å². The molecular formula is C25H27N5O4. The maximum Gasteiger partial charge on any atom is 0.321 e. The summed E-state index contributed by atoms with van der Waals surface area (Å²) in [4.78, 5) is 37.6. The molecule has 176 valence electrons. The largest absolute Gasteiger partial charge is 0.497 e. The molecule has 0 radical (unpaired) electrons. The second-order valence-electron chi connectivity index (χ2n) is 8.42. The van der Waals surface area contributed by atoms with E-state index in [0.717, 1.165) is 22.3 Å². The minimum Gasteiger partial charge on any atom is -0.497 e. The molecule has 0 fully saturated rings. The Morgan fingerprint density at radius 3 is 2.59 bits per heavy atom. The lowest BCUT2D eigenvalue weighted by atomic mass is 10.0. The average molecular weight is 462 g/mol. The van der Waals surface area contributed by atoms with Crippen LogP contribution in [0.5, 0.6) is 5.75 Å². The van der Waals surface area contributed by atoms with Crippen molar-refractivity contribution < 1.29 is 19.1 Å². The molecule has 9 heteroatoms. The Balaban J connectivity index is 1.56. The van der Waals surface area contributed by atoms with Crippen molar-refractivity contribution in [2.75, 3.05) is 13.7 Å². The number of carbonyl (C=O) groups excluding carboxylic acids is 3. The molecule has 34 heavy (non-hydrogen) atoms. The predicted octanol–water partition coefficient (Wildman–Crippen LogP) is 3.29. The molecule has 1 atom stereocenters. The Hall–Kier alpha value is -4.14. The van der Waals surface area contributed by atoms with E-state index in [-0.39, 0.29) is 18.5 Å². The third kappa shape index (κ3) is 4.78. The first-order chi connectivity index (χ1) is 16.4. The van der Waals surface area contributed by atoms with E-state index in [0.29, 0.717) is 24.3 Å². The van der Waals surface area contributed by atoms with Crippen LogP contribution in [0.15, 0.2) is 54.9 Å². The summed E-state index contributed by atoms with van der Waals surface area (Å²) in [7, 11) is 1.56. The molecule has 9 nitrogen and oxygen atoms in total. The van der Waals surface area contributed by atoms with Crippen molar-refractivity contribution in [3.8, 4) is 16.9 Å². The first kappa shape index (κ1) is 23.0. The molecule has 0 unspecified atom stereocenters. The molecule has 1 aromatic heterocycles. The maximum absolute atomic E-state index is 13.0. The van der Waals surface area contributed by atoms with Crippen molar-refractivity contribution in [2.24, 2.45) is 0 Å². The van der Waals surface area contributed by atoms with E-state index in [9.17, 15) is 14.4 Å². The van der Waals surface area contributed by atoms with E-state index in [1.54, 1.807) is 18.1 Å². The van der Waals surface area contributed by atoms with Crippen molar-refractivity contribution >= 4 is 18.3 Å². The molecule has 0 saturated carbocycles. The molecule has 0 bridgehead atoms. The van der Waals surface area contributed by atoms with Crippen molar-refractivity contribution in [3.63, 3.8) is 0 Å². The monoisotopic (exact) mass is 461 g/mol. The van der Waals surface area contributed by atoms with Crippen LogP contribution < -0.4 is 15.4 Å². The van der Waals surface area contributed by atoms with Gasteiger partial charge in [-0.25, -0.2) is 4.79 Å². The quantitative estimate of drug-likeness (QED) is 0.501. The van der Waals surface area contributed by atoms with E-state index in [4.69, 9.17) is 4.74 Å². The minimum absolute atomic E-state index is 0.130. The van der Waals surface area contributed by atoms with Gasteiger partial charge in [-0.3, -0.25) is 19.6 Å². The highest BCUT2D eigenvalue weighted by atomic mass is 16.5. The summed E-state index contributed by atoms with van der Waals surface area (Å²) in [6.07, 6.45) is 4.13. The van der Waals surface area contributed by atoms with Gasteiger partial charge in [-0.1, -0.05) is 30.3 Å². The van der Waals surface area contributed by atoms with Gasteiger partial charge in [0.2, 0.25) is 6.41 Å². The molecule has 4 amide bonds. The van der Waals surface area contributed by atoms with Crippen LogP contribution in [-0.4, -0.2) is 46.7 Å². The van der Waals surface area contributed by atoms with Crippen molar-refractivity contribution in [3.05, 3.63) is 71.5 Å². The smallest absolute Gasteiger partial charge is 0.321 e. The molecule has 2 N–H and O–H groups in total. The summed E-state index contributed by atoms with van der Waals surface area (Å²) in [6, 6.07) is 12.3. The molecule has 3 aromatic rings. The average Bonchev–Trinajstić information content (AvgIpc) is 3.44. The second kappa shape index (κ2) is 9.78. The molecule has 4 rings (SSSR count). The van der Waals surface area contributed by atoms with E-state index in [1.807, 2.05) is 53.5 Å². The van der Waals surface area contributed by atoms with Crippen molar-refractivity contribution in [1.82, 2.24) is 25.3 Å². The number of hydrogen-bond donors (Lipinski definition) is 2. The second-order valence-corrected chi connectivity index (χ2v) is 8.42. The zero-order valence-electron chi connectivity index (χ0n) is 19.3. The van der Waals surface area contributed by atoms with Gasteiger partial charge in [0, 0.05) is 36.5 Å². The molecule has 0 spiro atoms. The molecular weight excluding hydrogens is 434 g/mol. The van der Waals surface area contributed by atoms with Crippen molar-refractivity contribution in [1.29, 1.82) is 0 Å². The fraction of sp³-hybridized carbons (Fsp3) is 0.280. The maximum atomic E-state index is 13.0. The number of benzene rings is 2. The van der Waals surface area contributed by atoms with Crippen LogP contribution in [0.2, 0.25) is 0 Å². The number of hydrogen-bond acceptors (Lipinski definition) is 5. The van der Waals surface area contributed by atoms with Crippen LogP contribution in [0, 0.1) is 0 Å². The summed E-state index contributed by atoms with van der Waals surface area (Å²) in [5, 5.41) is 9.28. The summed E-state index contributed by atoms with van der Waals surface area (Å²) in [6.45, 7) is 4.80. The lowest BCUT2D eigenvalue weighted by molar-refractivity contribution is -0.108. The normalized spacial score (nSPS) is 13.5. The van der Waals surface area contributed by atoms with Crippen LogP contribution in [0.1, 0.15) is 47.4 Å². The number of aromatic nitrogens is 2. The summed E-state index contributed by atoms with van der Waals surface area (Å²) < 4.78 is 7.13. The Morgan fingerprint density at radius 2 is 1.94 bits per heavy atom. The van der Waals surface area contributed by atoms with Gasteiger partial charge in [-0.15, -0.1) is 0 Å². The van der Waals surface area contributed by atoms with Gasteiger partial charge in [0.15, 0.2) is 0 Å². The van der Waals surface area contributed by atoms with E-state index in [1.165, 1.54) is 0 Å². The zero-order valence-corrected chi connectivity index (χ0v) is 19.3. The van der Waals surface area contributed by atoms with Crippen LogP contribution in [0.4, 0.5) is 4.79 Å². The Morgan fingerprint density at radius 1 is 1.18 bits per heavy atom. The highest BCUT2D eigenvalue weighted by Crippen LogP contribution is 2.29. The Labute approximate surface area is 197 Å². The Kier molecular flexibility index (Phi) is 6.62. The van der Waals surface area contributed by atoms with Gasteiger partial charge in [-0.05, 0) is 42.7 Å². The highest BCUT2D eigenvalue weighted by molar-refractivity contribution is 5.98. The lowest BCUT2D eigenvalue weighted by Crippen LogP contribution is -2.42. The number of nitrogens with zero attached hydrogens (tertiary/aromatic N) is 3. The number of amides is 4. The molecule has 0 saturated heterocycles. The van der Waals surface area contributed by atoms with Gasteiger partial charge in [-0.2, -0.15) is 5.10 Å². The summed E-state index contributed by atoms with van der Waals surface area (Å²) >= 11 is 0. The van der Waals surface area contributed by atoms with E-state index >= 15 is 0 Å². The van der Waals surface area contributed by atoms with Crippen LogP contribution in [0.25, 0.3) is 11.1 Å². The number of rotatable bonds is 8. The zero-order chi connectivity index (χ0) is 24.2. The van der Waals surface area contributed by atoms with Gasteiger partial charge in [0.1, 0.15) is 5.75 Å². The first-order valence-corrected chi connectivity index (χ1v) is 11.0. The number of ether oxygens (including phenoxy) is 1. The van der Waals surface area contributed by atoms with Gasteiger partial charge >= 0.3 is 6.03 Å². The number of imide groups is 1. The van der Waals surface area contributed by atoms with Crippen LogP contribution >= 0.6 is 0 Å². The van der Waals surface area contributed by atoms with Gasteiger partial charge in [0.05, 0.1) is 19.3 Å². The highest BCUT2D eigenvalue weighted by Gasteiger charge is 2.30. The fourth-order valence-corrected chi connectivity index (χ4v) is 4.00. The van der Waals surface area contributed by atoms with Gasteiger partial charge in [0.25, 0.3) is 5.91 Å². The lowest BCUT2D eigenvalue weighted by Gasteiger charge is -2.25. The number of methoxy groups -OCH3 is 1. The summed E-state index contributed by atoms with van der Waals surface area (Å²) in [5.41, 5.74) is 4.28. The Bertz CT molecular complexity index is 1200. The standard InChI is InChI=1S/C25H27N5O4/c1-16(2)30-13-20(11-27-30)17-4-6-18(7-5-17)23(28-25(33)26-15-31)14-29-12-19-8-9-21(34-3)10-22(19)24(29)32/h4-11,13,15-16,23H,12,14H2,1-3H3,(H2,26,28,31,33)/t23-/m0/s1. The molecule has 2 aromatic carbocycles. The van der Waals surface area contributed by atoms with E-state index in [2.05, 4.69) is 29.6 Å². The van der Waals surface area contributed by atoms with E-state index < -0.39 is 12.1 Å². The topological polar surface area (TPSA) is 106 Å². The molecule has 0 aliphatic carbocycles. The number of carbonyl (C=O) groups is 3. The fourth-order valence-electron chi connectivity index (χ4n) is 4.00. The third-order valence-corrected chi connectivity index (χ3v) is 5.87. The number of fused-ring (bicyclic) bond motifs is 1. The predicted molar refractivity (Wildman–Crippen MR) is 126 cm³/mol. The number of urea groups is 1. The van der Waals surface area contributed by atoms with Crippen molar-refractivity contribution in [2.45, 2.75) is 32.5 Å². The molecule has 2 heterocycles. The van der Waals surface area contributed by atoms with Crippen LogP contribution in [-0.2, 0) is 11.3 Å². The summed E-state index contributed by atoms with van der Waals surface area (Å²) in [5.74, 6) is 0.486. The molecule has 1 aliphatic heterocycles. The first-order valence-electron chi connectivity index (χ1n) is 11.0. The number of nitrogens with one attached hydrogen (secondary N) is 2.